The highest BCUT2D eigenvalue weighted by Gasteiger charge is 2.37. The Balaban J connectivity index is 2.00. The first-order valence-corrected chi connectivity index (χ1v) is 5.89. The van der Waals surface area contributed by atoms with Crippen molar-refractivity contribution in [2.24, 2.45) is 24.6 Å². The van der Waals surface area contributed by atoms with Gasteiger partial charge in [0, 0.05) is 25.2 Å². The van der Waals surface area contributed by atoms with E-state index >= 15 is 0 Å². The van der Waals surface area contributed by atoms with Gasteiger partial charge in [-0.15, -0.1) is 0 Å². The molecule has 1 fully saturated rings. The highest BCUT2D eigenvalue weighted by molar-refractivity contribution is 5.12. The maximum absolute atomic E-state index is 6.18. The first kappa shape index (κ1) is 10.7. The molecule has 3 atom stereocenters. The van der Waals surface area contributed by atoms with Gasteiger partial charge in [0.25, 0.3) is 0 Å². The van der Waals surface area contributed by atoms with E-state index < -0.39 is 0 Å². The number of nitrogens with zero attached hydrogens (tertiary/aromatic N) is 2. The molecule has 3 heteroatoms. The van der Waals surface area contributed by atoms with Crippen molar-refractivity contribution in [1.29, 1.82) is 0 Å². The highest BCUT2D eigenvalue weighted by atomic mass is 15.3. The van der Waals surface area contributed by atoms with Gasteiger partial charge in [-0.05, 0) is 30.7 Å². The number of aryl methyl sites for hydroxylation is 2. The summed E-state index contributed by atoms with van der Waals surface area (Å²) in [5, 5.41) is 4.44. The molecule has 0 bridgehead atoms. The van der Waals surface area contributed by atoms with Crippen molar-refractivity contribution in [1.82, 2.24) is 9.78 Å². The molecule has 1 aliphatic rings. The van der Waals surface area contributed by atoms with E-state index in [1.165, 1.54) is 17.8 Å². The highest BCUT2D eigenvalue weighted by Crippen LogP contribution is 2.40. The van der Waals surface area contributed by atoms with E-state index in [-0.39, 0.29) is 0 Å². The number of hydrogen-bond acceptors (Lipinski definition) is 2. The normalized spacial score (nSPS) is 26.7. The molecule has 84 valence electrons. The summed E-state index contributed by atoms with van der Waals surface area (Å²) in [5.41, 5.74) is 8.63. The Hall–Kier alpha value is -0.830. The number of nitrogens with two attached hydrogens (primary N) is 1. The molecule has 15 heavy (non-hydrogen) atoms. The smallest absolute Gasteiger partial charge is 0.0624 e. The fourth-order valence-corrected chi connectivity index (χ4v) is 2.28. The molecule has 0 aromatic carbocycles. The Labute approximate surface area is 91.7 Å². The second-order valence-electron chi connectivity index (χ2n) is 4.85. The monoisotopic (exact) mass is 207 g/mol. The van der Waals surface area contributed by atoms with Crippen LogP contribution in [0, 0.1) is 11.8 Å². The van der Waals surface area contributed by atoms with Crippen molar-refractivity contribution in [3.63, 3.8) is 0 Å². The van der Waals surface area contributed by atoms with E-state index in [1.54, 1.807) is 0 Å². The van der Waals surface area contributed by atoms with Crippen molar-refractivity contribution >= 4 is 0 Å². The van der Waals surface area contributed by atoms with Crippen LogP contribution in [0.15, 0.2) is 6.07 Å². The minimum Gasteiger partial charge on any atom is -0.327 e. The van der Waals surface area contributed by atoms with Crippen LogP contribution in [0.3, 0.4) is 0 Å². The van der Waals surface area contributed by atoms with Crippen LogP contribution in [0.4, 0.5) is 0 Å². The van der Waals surface area contributed by atoms with Crippen LogP contribution in [0.5, 0.6) is 0 Å². The van der Waals surface area contributed by atoms with Crippen LogP contribution in [-0.2, 0) is 19.9 Å². The fraction of sp³-hybridized carbons (Fsp3) is 0.750. The number of hydrogen-bond donors (Lipinski definition) is 1. The minimum absolute atomic E-state index is 0.320. The molecule has 0 radical (unpaired) electrons. The summed E-state index contributed by atoms with van der Waals surface area (Å²) in [6.07, 6.45) is 3.28. The summed E-state index contributed by atoms with van der Waals surface area (Å²) in [4.78, 5) is 0. The van der Waals surface area contributed by atoms with Crippen molar-refractivity contribution in [2.75, 3.05) is 0 Å². The molecule has 2 rings (SSSR count). The zero-order valence-corrected chi connectivity index (χ0v) is 9.90. The van der Waals surface area contributed by atoms with Gasteiger partial charge >= 0.3 is 0 Å². The molecule has 0 saturated heterocycles. The molecule has 1 saturated carbocycles. The zero-order chi connectivity index (χ0) is 11.0. The first-order valence-electron chi connectivity index (χ1n) is 5.89. The molecule has 3 nitrogen and oxygen atoms in total. The fourth-order valence-electron chi connectivity index (χ4n) is 2.28. The zero-order valence-electron chi connectivity index (χ0n) is 9.90. The molecule has 0 aliphatic heterocycles. The Morgan fingerprint density at radius 2 is 2.33 bits per heavy atom. The van der Waals surface area contributed by atoms with E-state index in [4.69, 9.17) is 5.73 Å². The summed E-state index contributed by atoms with van der Waals surface area (Å²) < 4.78 is 1.98. The van der Waals surface area contributed by atoms with Crippen LogP contribution < -0.4 is 5.73 Å². The molecule has 0 amide bonds. The summed E-state index contributed by atoms with van der Waals surface area (Å²) in [5.74, 6) is 1.57. The lowest BCUT2D eigenvalue weighted by Crippen LogP contribution is -2.27. The Kier molecular flexibility index (Phi) is 2.83. The second-order valence-corrected chi connectivity index (χ2v) is 4.85. The van der Waals surface area contributed by atoms with Crippen molar-refractivity contribution < 1.29 is 0 Å². The average molecular weight is 207 g/mol. The Morgan fingerprint density at radius 1 is 1.67 bits per heavy atom. The number of aromatic nitrogens is 2. The predicted octanol–water partition coefficient (Wildman–Crippen LogP) is 1.51. The topological polar surface area (TPSA) is 43.8 Å². The van der Waals surface area contributed by atoms with Gasteiger partial charge in [0.1, 0.15) is 0 Å². The quantitative estimate of drug-likeness (QED) is 0.813. The van der Waals surface area contributed by atoms with Crippen molar-refractivity contribution in [3.05, 3.63) is 17.5 Å². The van der Waals surface area contributed by atoms with Gasteiger partial charge in [0.05, 0.1) is 5.69 Å². The summed E-state index contributed by atoms with van der Waals surface area (Å²) >= 11 is 0. The second kappa shape index (κ2) is 3.97. The summed E-state index contributed by atoms with van der Waals surface area (Å²) in [7, 11) is 2.01. The molecule has 1 heterocycles. The molecular weight excluding hydrogens is 186 g/mol. The van der Waals surface area contributed by atoms with Crippen molar-refractivity contribution in [2.45, 2.75) is 39.2 Å². The molecule has 3 unspecified atom stereocenters. The summed E-state index contributed by atoms with van der Waals surface area (Å²) in [6, 6.07) is 2.51. The lowest BCUT2D eigenvalue weighted by molar-refractivity contribution is 0.537. The van der Waals surface area contributed by atoms with Gasteiger partial charge in [-0.1, -0.05) is 13.8 Å². The third-order valence-corrected chi connectivity index (χ3v) is 3.56. The van der Waals surface area contributed by atoms with Crippen molar-refractivity contribution in [3.8, 4) is 0 Å². The van der Waals surface area contributed by atoms with Gasteiger partial charge < -0.3 is 5.73 Å². The first-order chi connectivity index (χ1) is 7.11. The van der Waals surface area contributed by atoms with E-state index in [1.807, 2.05) is 11.7 Å². The third kappa shape index (κ3) is 2.23. The molecule has 1 aliphatic carbocycles. The lowest BCUT2D eigenvalue weighted by Gasteiger charge is -2.10. The SMILES string of the molecule is CCc1cc(CC(N)C2CC2C)n(C)n1. The molecular formula is C12H21N3. The Bertz CT molecular complexity index is 343. The maximum atomic E-state index is 6.18. The molecule has 1 aromatic rings. The van der Waals surface area contributed by atoms with E-state index in [9.17, 15) is 0 Å². The maximum Gasteiger partial charge on any atom is 0.0624 e. The average Bonchev–Trinajstić information content (AvgIpc) is 2.82. The van der Waals surface area contributed by atoms with Gasteiger partial charge in [-0.3, -0.25) is 4.68 Å². The van der Waals surface area contributed by atoms with Gasteiger partial charge in [-0.25, -0.2) is 0 Å². The van der Waals surface area contributed by atoms with Crippen LogP contribution in [-0.4, -0.2) is 15.8 Å². The lowest BCUT2D eigenvalue weighted by atomic mass is 10.1. The van der Waals surface area contributed by atoms with Crippen LogP contribution in [0.1, 0.15) is 31.7 Å². The molecule has 1 aromatic heterocycles. The van der Waals surface area contributed by atoms with Gasteiger partial charge in [0.15, 0.2) is 0 Å². The standard InChI is InChI=1S/C12H21N3/c1-4-9-6-10(15(3)14-9)7-12(13)11-5-8(11)2/h6,8,11-12H,4-5,7,13H2,1-3H3. The van der Waals surface area contributed by atoms with E-state index in [0.29, 0.717) is 6.04 Å². The van der Waals surface area contributed by atoms with E-state index in [2.05, 4.69) is 25.0 Å². The Morgan fingerprint density at radius 3 is 2.80 bits per heavy atom. The van der Waals surface area contributed by atoms with Crippen LogP contribution in [0.2, 0.25) is 0 Å². The predicted molar refractivity (Wildman–Crippen MR) is 61.5 cm³/mol. The van der Waals surface area contributed by atoms with E-state index in [0.717, 1.165) is 24.7 Å². The molecule has 0 spiro atoms. The largest absolute Gasteiger partial charge is 0.327 e. The van der Waals surface area contributed by atoms with Gasteiger partial charge in [-0.2, -0.15) is 5.10 Å². The molecule has 2 N–H and O–H groups in total. The summed E-state index contributed by atoms with van der Waals surface area (Å²) in [6.45, 7) is 4.42. The van der Waals surface area contributed by atoms with Gasteiger partial charge in [0.2, 0.25) is 0 Å². The van der Waals surface area contributed by atoms with Crippen LogP contribution >= 0.6 is 0 Å². The van der Waals surface area contributed by atoms with Crippen LogP contribution in [0.25, 0.3) is 0 Å². The minimum atomic E-state index is 0.320. The number of rotatable bonds is 4. The third-order valence-electron chi connectivity index (χ3n) is 3.56.